The summed E-state index contributed by atoms with van der Waals surface area (Å²) < 4.78 is 5.51. The SMILES string of the molecule is CCOC1CC1C(=O)N1CCN(CC(C)O)C(CC)C1. The van der Waals surface area contributed by atoms with Crippen LogP contribution in [-0.4, -0.2) is 71.8 Å². The largest absolute Gasteiger partial charge is 0.392 e. The van der Waals surface area contributed by atoms with Gasteiger partial charge in [-0.25, -0.2) is 0 Å². The number of carbonyl (C=O) groups is 1. The van der Waals surface area contributed by atoms with E-state index in [1.54, 1.807) is 0 Å². The van der Waals surface area contributed by atoms with Crippen LogP contribution in [0.25, 0.3) is 0 Å². The molecule has 1 aliphatic carbocycles. The highest BCUT2D eigenvalue weighted by Gasteiger charge is 2.46. The fourth-order valence-corrected chi connectivity index (χ4v) is 3.12. The fourth-order valence-electron chi connectivity index (χ4n) is 3.12. The topological polar surface area (TPSA) is 53.0 Å². The number of amides is 1. The van der Waals surface area contributed by atoms with Crippen molar-refractivity contribution < 1.29 is 14.6 Å². The normalized spacial score (nSPS) is 32.2. The van der Waals surface area contributed by atoms with Crippen molar-refractivity contribution in [2.24, 2.45) is 5.92 Å². The number of β-amino-alcohol motifs (C(OH)–C–C–N with tert-alkyl or cyclic N) is 1. The van der Waals surface area contributed by atoms with Crippen molar-refractivity contribution in [1.82, 2.24) is 9.80 Å². The summed E-state index contributed by atoms with van der Waals surface area (Å²) in [5.41, 5.74) is 0. The third-order valence-electron chi connectivity index (χ3n) is 4.32. The van der Waals surface area contributed by atoms with Gasteiger partial charge in [-0.05, 0) is 26.7 Å². The molecule has 0 aromatic rings. The standard InChI is InChI=1S/C15H28N2O3/c1-4-12-10-17(7-6-16(12)9-11(3)18)15(19)13-8-14(13)20-5-2/h11-14,18H,4-10H2,1-3H3. The molecule has 2 fully saturated rings. The molecule has 5 heteroatoms. The Balaban J connectivity index is 1.85. The number of hydrogen-bond donors (Lipinski definition) is 1. The molecule has 1 N–H and O–H groups in total. The molecule has 0 bridgehead atoms. The molecule has 2 rings (SSSR count). The molecule has 4 atom stereocenters. The minimum Gasteiger partial charge on any atom is -0.392 e. The molecule has 0 radical (unpaired) electrons. The van der Waals surface area contributed by atoms with E-state index < -0.39 is 0 Å². The van der Waals surface area contributed by atoms with Crippen molar-refractivity contribution in [2.75, 3.05) is 32.8 Å². The molecular formula is C15H28N2O3. The van der Waals surface area contributed by atoms with Gasteiger partial charge in [-0.1, -0.05) is 6.92 Å². The number of carbonyl (C=O) groups excluding carboxylic acids is 1. The van der Waals surface area contributed by atoms with Crippen LogP contribution >= 0.6 is 0 Å². The number of rotatable bonds is 6. The van der Waals surface area contributed by atoms with E-state index in [4.69, 9.17) is 4.74 Å². The van der Waals surface area contributed by atoms with E-state index >= 15 is 0 Å². The molecule has 1 heterocycles. The number of piperazine rings is 1. The van der Waals surface area contributed by atoms with Crippen molar-refractivity contribution in [3.63, 3.8) is 0 Å². The van der Waals surface area contributed by atoms with Crippen LogP contribution in [0.5, 0.6) is 0 Å². The summed E-state index contributed by atoms with van der Waals surface area (Å²) in [6, 6.07) is 0.367. The summed E-state index contributed by atoms with van der Waals surface area (Å²) in [5, 5.41) is 9.55. The summed E-state index contributed by atoms with van der Waals surface area (Å²) in [7, 11) is 0. The third-order valence-corrected chi connectivity index (χ3v) is 4.32. The zero-order valence-corrected chi connectivity index (χ0v) is 12.9. The molecule has 2 aliphatic rings. The predicted octanol–water partition coefficient (Wildman–Crippen LogP) is 0.715. The molecule has 0 aromatic carbocycles. The molecule has 1 saturated heterocycles. The molecule has 116 valence electrons. The zero-order chi connectivity index (χ0) is 14.7. The molecule has 1 saturated carbocycles. The molecule has 1 aliphatic heterocycles. The van der Waals surface area contributed by atoms with Gasteiger partial charge in [0.15, 0.2) is 0 Å². The van der Waals surface area contributed by atoms with E-state index in [1.165, 1.54) is 0 Å². The maximum atomic E-state index is 12.4. The molecule has 4 unspecified atom stereocenters. The van der Waals surface area contributed by atoms with Gasteiger partial charge in [0.05, 0.1) is 18.1 Å². The Morgan fingerprint density at radius 1 is 1.40 bits per heavy atom. The molecule has 0 spiro atoms. The van der Waals surface area contributed by atoms with E-state index in [0.717, 1.165) is 32.5 Å². The number of nitrogens with zero attached hydrogens (tertiary/aromatic N) is 2. The van der Waals surface area contributed by atoms with E-state index in [2.05, 4.69) is 11.8 Å². The minimum atomic E-state index is -0.308. The highest BCUT2D eigenvalue weighted by molar-refractivity contribution is 5.82. The van der Waals surface area contributed by atoms with E-state index in [9.17, 15) is 9.90 Å². The first-order valence-corrected chi connectivity index (χ1v) is 7.89. The quantitative estimate of drug-likeness (QED) is 0.781. The summed E-state index contributed by atoms with van der Waals surface area (Å²) in [5.74, 6) is 0.356. The smallest absolute Gasteiger partial charge is 0.228 e. The zero-order valence-electron chi connectivity index (χ0n) is 12.9. The van der Waals surface area contributed by atoms with Gasteiger partial charge in [0.2, 0.25) is 5.91 Å². The van der Waals surface area contributed by atoms with Crippen molar-refractivity contribution >= 4 is 5.91 Å². The van der Waals surface area contributed by atoms with Crippen LogP contribution in [0, 0.1) is 5.92 Å². The van der Waals surface area contributed by atoms with Crippen molar-refractivity contribution in [3.05, 3.63) is 0 Å². The number of hydrogen-bond acceptors (Lipinski definition) is 4. The Labute approximate surface area is 121 Å². The lowest BCUT2D eigenvalue weighted by Gasteiger charge is -2.41. The Bertz CT molecular complexity index is 335. The maximum Gasteiger partial charge on any atom is 0.228 e. The summed E-state index contributed by atoms with van der Waals surface area (Å²) in [6.45, 7) is 9.76. The van der Waals surface area contributed by atoms with Gasteiger partial charge in [-0.3, -0.25) is 9.69 Å². The van der Waals surface area contributed by atoms with Crippen LogP contribution in [-0.2, 0) is 9.53 Å². The second kappa shape index (κ2) is 6.87. The molecule has 5 nitrogen and oxygen atoms in total. The number of ether oxygens (including phenoxy) is 1. The lowest BCUT2D eigenvalue weighted by atomic mass is 10.1. The second-order valence-electron chi connectivity index (χ2n) is 6.03. The summed E-state index contributed by atoms with van der Waals surface area (Å²) in [4.78, 5) is 16.7. The minimum absolute atomic E-state index is 0.0933. The van der Waals surface area contributed by atoms with Crippen molar-refractivity contribution in [1.29, 1.82) is 0 Å². The lowest BCUT2D eigenvalue weighted by molar-refractivity contribution is -0.137. The molecular weight excluding hydrogens is 256 g/mol. The van der Waals surface area contributed by atoms with Gasteiger partial charge >= 0.3 is 0 Å². The summed E-state index contributed by atoms with van der Waals surface area (Å²) in [6.07, 6.45) is 1.74. The van der Waals surface area contributed by atoms with Crippen LogP contribution in [0.4, 0.5) is 0 Å². The van der Waals surface area contributed by atoms with Gasteiger partial charge < -0.3 is 14.7 Å². The Morgan fingerprint density at radius 2 is 2.15 bits per heavy atom. The van der Waals surface area contributed by atoms with E-state index in [1.807, 2.05) is 18.7 Å². The highest BCUT2D eigenvalue weighted by atomic mass is 16.5. The van der Waals surface area contributed by atoms with Crippen LogP contribution in [0.2, 0.25) is 0 Å². The van der Waals surface area contributed by atoms with Crippen LogP contribution in [0.1, 0.15) is 33.6 Å². The van der Waals surface area contributed by atoms with Crippen molar-refractivity contribution in [2.45, 2.75) is 51.9 Å². The predicted molar refractivity (Wildman–Crippen MR) is 77.4 cm³/mol. The Kier molecular flexibility index (Phi) is 5.41. The summed E-state index contributed by atoms with van der Waals surface area (Å²) >= 11 is 0. The van der Waals surface area contributed by atoms with Gasteiger partial charge in [0.25, 0.3) is 0 Å². The third kappa shape index (κ3) is 3.71. The van der Waals surface area contributed by atoms with Crippen molar-refractivity contribution in [3.8, 4) is 0 Å². The Hall–Kier alpha value is -0.650. The van der Waals surface area contributed by atoms with Gasteiger partial charge in [-0.2, -0.15) is 0 Å². The first-order chi connectivity index (χ1) is 9.56. The highest BCUT2D eigenvalue weighted by Crippen LogP contribution is 2.36. The monoisotopic (exact) mass is 284 g/mol. The second-order valence-corrected chi connectivity index (χ2v) is 6.03. The molecule has 1 amide bonds. The van der Waals surface area contributed by atoms with Gasteiger partial charge in [0, 0.05) is 38.8 Å². The first kappa shape index (κ1) is 15.7. The average Bonchev–Trinajstić information content (AvgIpc) is 3.17. The first-order valence-electron chi connectivity index (χ1n) is 7.89. The van der Waals surface area contributed by atoms with Crippen LogP contribution in [0.3, 0.4) is 0 Å². The lowest BCUT2D eigenvalue weighted by Crippen LogP contribution is -2.56. The number of aliphatic hydroxyl groups excluding tert-OH is 1. The average molecular weight is 284 g/mol. The molecule has 20 heavy (non-hydrogen) atoms. The van der Waals surface area contributed by atoms with Crippen LogP contribution < -0.4 is 0 Å². The molecule has 0 aromatic heterocycles. The van der Waals surface area contributed by atoms with E-state index in [0.29, 0.717) is 19.2 Å². The maximum absolute atomic E-state index is 12.4. The van der Waals surface area contributed by atoms with Crippen LogP contribution in [0.15, 0.2) is 0 Å². The number of aliphatic hydroxyl groups is 1. The fraction of sp³-hybridized carbons (Fsp3) is 0.933. The van der Waals surface area contributed by atoms with Gasteiger partial charge in [0.1, 0.15) is 0 Å². The van der Waals surface area contributed by atoms with Gasteiger partial charge in [-0.15, -0.1) is 0 Å². The Morgan fingerprint density at radius 3 is 2.75 bits per heavy atom. The van der Waals surface area contributed by atoms with E-state index in [-0.39, 0.29) is 24.0 Å².